The van der Waals surface area contributed by atoms with Gasteiger partial charge in [0.15, 0.2) is 0 Å². The molecule has 1 rings (SSSR count). The van der Waals surface area contributed by atoms with E-state index in [1.54, 1.807) is 6.08 Å². The topological polar surface area (TPSA) is 81.3 Å². The van der Waals surface area contributed by atoms with Crippen molar-refractivity contribution >= 4 is 5.78 Å². The van der Waals surface area contributed by atoms with E-state index in [0.29, 0.717) is 12.8 Å². The molecule has 4 atom stereocenters. The van der Waals surface area contributed by atoms with Crippen LogP contribution in [0.5, 0.6) is 0 Å². The van der Waals surface area contributed by atoms with Crippen molar-refractivity contribution < 1.29 is 15.0 Å². The Morgan fingerprint density at radius 1 is 1.33 bits per heavy atom. The molecule has 1 aliphatic carbocycles. The van der Waals surface area contributed by atoms with Gasteiger partial charge in [0.2, 0.25) is 0 Å². The first-order valence-electron chi connectivity index (χ1n) is 9.19. The van der Waals surface area contributed by atoms with Crippen LogP contribution in [0.1, 0.15) is 64.7 Å². The number of nitrogens with zero attached hydrogens (tertiary/aromatic N) is 1. The Hall–Kier alpha value is -1.44. The highest BCUT2D eigenvalue weighted by molar-refractivity contribution is 5.84. The molecule has 0 radical (unpaired) electrons. The molecule has 4 nitrogen and oxygen atoms in total. The minimum atomic E-state index is -0.645. The molecule has 1 fully saturated rings. The average Bonchev–Trinajstić information content (AvgIpc) is 2.82. The third-order valence-corrected chi connectivity index (χ3v) is 4.61. The summed E-state index contributed by atoms with van der Waals surface area (Å²) in [6, 6.07) is 2.11. The van der Waals surface area contributed by atoms with Gasteiger partial charge in [0.25, 0.3) is 0 Å². The summed E-state index contributed by atoms with van der Waals surface area (Å²) in [4.78, 5) is 12.1. The highest BCUT2D eigenvalue weighted by atomic mass is 16.3. The molecule has 0 amide bonds. The number of ketones is 1. The minimum absolute atomic E-state index is 0.0966. The van der Waals surface area contributed by atoms with Crippen molar-refractivity contribution in [2.75, 3.05) is 0 Å². The predicted octanol–water partition coefficient (Wildman–Crippen LogP) is 3.69. The first-order chi connectivity index (χ1) is 11.6. The number of aliphatic hydroxyl groups is 2. The summed E-state index contributed by atoms with van der Waals surface area (Å²) in [6.45, 7) is 2.13. The standard InChI is InChI=1S/C20H31NO3/c1-2-3-7-10-16(22)12-13-18-17(19(23)15-20(18)24)11-8-5-4-6-9-14-21/h5,8,12-13,16-18,20,22,24H,2-4,6-7,9-11,15H2,1H3/b8-5-,13-12+/t16-,17+,18+,20+/m0/s1. The van der Waals surface area contributed by atoms with Gasteiger partial charge in [-0.2, -0.15) is 5.26 Å². The van der Waals surface area contributed by atoms with E-state index in [-0.39, 0.29) is 24.0 Å². The number of allylic oxidation sites excluding steroid dienone is 2. The molecule has 0 bridgehead atoms. The zero-order valence-electron chi connectivity index (χ0n) is 14.7. The number of carbonyl (C=O) groups is 1. The summed E-state index contributed by atoms with van der Waals surface area (Å²) in [7, 11) is 0. The number of hydrogen-bond acceptors (Lipinski definition) is 4. The third kappa shape index (κ3) is 7.42. The molecule has 1 aliphatic rings. The number of aliphatic hydroxyl groups excluding tert-OH is 2. The van der Waals surface area contributed by atoms with Crippen LogP contribution in [0.15, 0.2) is 24.3 Å². The van der Waals surface area contributed by atoms with Crippen molar-refractivity contribution in [2.24, 2.45) is 11.8 Å². The maximum Gasteiger partial charge on any atom is 0.139 e. The molecule has 0 aromatic rings. The van der Waals surface area contributed by atoms with E-state index in [0.717, 1.165) is 38.5 Å². The Labute approximate surface area is 145 Å². The summed E-state index contributed by atoms with van der Waals surface area (Å²) in [5.74, 6) is -0.312. The second kappa shape index (κ2) is 12.0. The van der Waals surface area contributed by atoms with Crippen LogP contribution in [0.25, 0.3) is 0 Å². The first-order valence-corrected chi connectivity index (χ1v) is 9.19. The van der Waals surface area contributed by atoms with E-state index in [1.165, 1.54) is 0 Å². The number of rotatable bonds is 11. The van der Waals surface area contributed by atoms with Gasteiger partial charge in [-0.25, -0.2) is 0 Å². The van der Waals surface area contributed by atoms with Gasteiger partial charge in [-0.1, -0.05) is 50.5 Å². The van der Waals surface area contributed by atoms with Gasteiger partial charge in [0.05, 0.1) is 18.3 Å². The molecule has 0 aromatic carbocycles. The first kappa shape index (κ1) is 20.6. The number of carbonyl (C=O) groups excluding carboxylic acids is 1. The molecule has 0 aromatic heterocycles. The summed E-state index contributed by atoms with van der Waals surface area (Å²) < 4.78 is 0. The van der Waals surface area contributed by atoms with Crippen LogP contribution in [0, 0.1) is 23.2 Å². The Kier molecular flexibility index (Phi) is 10.3. The maximum atomic E-state index is 12.1. The van der Waals surface area contributed by atoms with Crippen molar-refractivity contribution in [1.29, 1.82) is 5.26 Å². The lowest BCUT2D eigenvalue weighted by Gasteiger charge is -2.16. The molecule has 0 heterocycles. The largest absolute Gasteiger partial charge is 0.392 e. The summed E-state index contributed by atoms with van der Waals surface area (Å²) in [6.07, 6.45) is 13.4. The van der Waals surface area contributed by atoms with Crippen LogP contribution in [-0.2, 0) is 4.79 Å². The molecule has 24 heavy (non-hydrogen) atoms. The summed E-state index contributed by atoms with van der Waals surface area (Å²) >= 11 is 0. The lowest BCUT2D eigenvalue weighted by Crippen LogP contribution is -2.18. The number of unbranched alkanes of at least 4 members (excludes halogenated alkanes) is 4. The lowest BCUT2D eigenvalue weighted by atomic mass is 9.90. The van der Waals surface area contributed by atoms with E-state index in [4.69, 9.17) is 5.26 Å². The molecule has 0 saturated heterocycles. The van der Waals surface area contributed by atoms with Crippen molar-refractivity contribution in [2.45, 2.75) is 76.9 Å². The zero-order chi connectivity index (χ0) is 17.8. The van der Waals surface area contributed by atoms with E-state index >= 15 is 0 Å². The molecule has 0 unspecified atom stereocenters. The van der Waals surface area contributed by atoms with Gasteiger partial charge in [-0.3, -0.25) is 4.79 Å². The molecule has 0 spiro atoms. The molecule has 2 N–H and O–H groups in total. The third-order valence-electron chi connectivity index (χ3n) is 4.61. The van der Waals surface area contributed by atoms with E-state index < -0.39 is 12.2 Å². The Morgan fingerprint density at radius 2 is 2.12 bits per heavy atom. The molecular formula is C20H31NO3. The quantitative estimate of drug-likeness (QED) is 0.446. The van der Waals surface area contributed by atoms with Gasteiger partial charge in [0, 0.05) is 24.7 Å². The van der Waals surface area contributed by atoms with Crippen molar-refractivity contribution in [3.05, 3.63) is 24.3 Å². The SMILES string of the molecule is CCCCC[C@H](O)/C=C/[C@H]1[C@H](O)CC(=O)[C@@H]1C/C=C\CCCC#N. The van der Waals surface area contributed by atoms with Crippen LogP contribution < -0.4 is 0 Å². The molecule has 4 heteroatoms. The lowest BCUT2D eigenvalue weighted by molar-refractivity contribution is -0.121. The zero-order valence-corrected chi connectivity index (χ0v) is 14.7. The molecule has 134 valence electrons. The monoisotopic (exact) mass is 333 g/mol. The van der Waals surface area contributed by atoms with Gasteiger partial charge in [0.1, 0.15) is 5.78 Å². The number of Topliss-reactive ketones (excluding diaryl/α,β-unsaturated/α-hetero) is 1. The van der Waals surface area contributed by atoms with Gasteiger partial charge in [-0.15, -0.1) is 0 Å². The van der Waals surface area contributed by atoms with Crippen molar-refractivity contribution in [3.63, 3.8) is 0 Å². The second-order valence-electron chi connectivity index (χ2n) is 6.63. The van der Waals surface area contributed by atoms with Gasteiger partial charge in [-0.05, 0) is 25.7 Å². The van der Waals surface area contributed by atoms with Gasteiger partial charge >= 0.3 is 0 Å². The highest BCUT2D eigenvalue weighted by Crippen LogP contribution is 2.33. The molecule has 1 saturated carbocycles. The summed E-state index contributed by atoms with van der Waals surface area (Å²) in [5, 5.41) is 28.6. The smallest absolute Gasteiger partial charge is 0.139 e. The fourth-order valence-electron chi connectivity index (χ4n) is 3.14. The predicted molar refractivity (Wildman–Crippen MR) is 95.1 cm³/mol. The van der Waals surface area contributed by atoms with Crippen LogP contribution in [-0.4, -0.2) is 28.2 Å². The van der Waals surface area contributed by atoms with E-state index in [1.807, 2.05) is 18.2 Å². The van der Waals surface area contributed by atoms with Crippen LogP contribution in [0.3, 0.4) is 0 Å². The van der Waals surface area contributed by atoms with Crippen molar-refractivity contribution in [3.8, 4) is 6.07 Å². The van der Waals surface area contributed by atoms with Crippen LogP contribution >= 0.6 is 0 Å². The number of hydrogen-bond donors (Lipinski definition) is 2. The Balaban J connectivity index is 2.50. The minimum Gasteiger partial charge on any atom is -0.392 e. The second-order valence-corrected chi connectivity index (χ2v) is 6.63. The fraction of sp³-hybridized carbons (Fsp3) is 0.700. The Bertz CT molecular complexity index is 464. The van der Waals surface area contributed by atoms with E-state index in [2.05, 4.69) is 13.0 Å². The van der Waals surface area contributed by atoms with Crippen LogP contribution in [0.4, 0.5) is 0 Å². The Morgan fingerprint density at radius 3 is 2.83 bits per heavy atom. The highest BCUT2D eigenvalue weighted by Gasteiger charge is 2.39. The normalized spacial score (nSPS) is 25.6. The van der Waals surface area contributed by atoms with Gasteiger partial charge < -0.3 is 10.2 Å². The van der Waals surface area contributed by atoms with Crippen LogP contribution in [0.2, 0.25) is 0 Å². The number of nitriles is 1. The average molecular weight is 333 g/mol. The molecule has 0 aliphatic heterocycles. The summed E-state index contributed by atoms with van der Waals surface area (Å²) in [5.41, 5.74) is 0. The maximum absolute atomic E-state index is 12.1. The molecular weight excluding hydrogens is 302 g/mol. The fourth-order valence-corrected chi connectivity index (χ4v) is 3.14. The van der Waals surface area contributed by atoms with Crippen molar-refractivity contribution in [1.82, 2.24) is 0 Å². The van der Waals surface area contributed by atoms with E-state index in [9.17, 15) is 15.0 Å².